The van der Waals surface area contributed by atoms with Crippen molar-refractivity contribution in [3.05, 3.63) is 28.8 Å². The van der Waals surface area contributed by atoms with Gasteiger partial charge in [0.25, 0.3) is 0 Å². The molecule has 0 atom stereocenters. The Morgan fingerprint density at radius 3 is 2.78 bits per heavy atom. The summed E-state index contributed by atoms with van der Waals surface area (Å²) in [7, 11) is 0. The Hall–Kier alpha value is -1.26. The third kappa shape index (κ3) is 4.94. The molecular formula is C13H18ClNO3. The summed E-state index contributed by atoms with van der Waals surface area (Å²) in [6.45, 7) is 5.67. The molecule has 0 fully saturated rings. The van der Waals surface area contributed by atoms with Gasteiger partial charge in [0.05, 0.1) is 11.6 Å². The van der Waals surface area contributed by atoms with E-state index in [-0.39, 0.29) is 6.61 Å². The first-order chi connectivity index (χ1) is 8.67. The minimum atomic E-state index is -0.398. The smallest absolute Gasteiger partial charge is 0.344 e. The molecule has 0 saturated carbocycles. The first kappa shape index (κ1) is 14.8. The van der Waals surface area contributed by atoms with Gasteiger partial charge in [0.15, 0.2) is 6.61 Å². The summed E-state index contributed by atoms with van der Waals surface area (Å²) in [6.07, 6.45) is 0. The summed E-state index contributed by atoms with van der Waals surface area (Å²) in [5, 5.41) is 3.70. The highest BCUT2D eigenvalue weighted by Crippen LogP contribution is 2.25. The lowest BCUT2D eigenvalue weighted by atomic mass is 10.2. The largest absolute Gasteiger partial charge is 0.480 e. The molecule has 0 amide bonds. The van der Waals surface area contributed by atoms with Crippen LogP contribution < -0.4 is 10.1 Å². The minimum absolute atomic E-state index is 0.125. The van der Waals surface area contributed by atoms with E-state index < -0.39 is 5.97 Å². The van der Waals surface area contributed by atoms with Crippen molar-refractivity contribution in [2.45, 2.75) is 20.4 Å². The third-order valence-corrected chi connectivity index (χ3v) is 2.52. The van der Waals surface area contributed by atoms with Crippen molar-refractivity contribution in [1.82, 2.24) is 5.32 Å². The lowest BCUT2D eigenvalue weighted by Crippen LogP contribution is -2.15. The Morgan fingerprint density at radius 2 is 2.17 bits per heavy atom. The van der Waals surface area contributed by atoms with Crippen molar-refractivity contribution >= 4 is 17.6 Å². The Kier molecular flexibility index (Phi) is 6.54. The van der Waals surface area contributed by atoms with Crippen LogP contribution in [0.5, 0.6) is 5.75 Å². The standard InChI is InChI=1S/C13H18ClNO3/c1-3-15-8-10-5-6-12(11(14)7-10)18-9-13(16)17-4-2/h5-7,15H,3-4,8-9H2,1-2H3. The van der Waals surface area contributed by atoms with E-state index in [1.807, 2.05) is 19.1 Å². The Bertz CT molecular complexity index is 396. The molecule has 4 nitrogen and oxygen atoms in total. The fourth-order valence-corrected chi connectivity index (χ4v) is 1.64. The maximum atomic E-state index is 11.1. The van der Waals surface area contributed by atoms with Crippen LogP contribution in [0.2, 0.25) is 5.02 Å². The molecule has 0 saturated heterocycles. The molecule has 1 rings (SSSR count). The number of ether oxygens (including phenoxy) is 2. The number of benzene rings is 1. The van der Waals surface area contributed by atoms with E-state index in [0.29, 0.717) is 17.4 Å². The molecule has 100 valence electrons. The van der Waals surface area contributed by atoms with E-state index in [1.165, 1.54) is 0 Å². The van der Waals surface area contributed by atoms with E-state index in [0.717, 1.165) is 18.7 Å². The van der Waals surface area contributed by atoms with Gasteiger partial charge in [-0.3, -0.25) is 0 Å². The summed E-state index contributed by atoms with van der Waals surface area (Å²) in [5.74, 6) is 0.0928. The van der Waals surface area contributed by atoms with Crippen molar-refractivity contribution in [3.63, 3.8) is 0 Å². The van der Waals surface area contributed by atoms with Crippen LogP contribution in [0, 0.1) is 0 Å². The molecule has 1 aromatic rings. The summed E-state index contributed by atoms with van der Waals surface area (Å²) < 4.78 is 10.0. The van der Waals surface area contributed by atoms with Gasteiger partial charge in [-0.2, -0.15) is 0 Å². The normalized spacial score (nSPS) is 10.2. The number of hydrogen-bond acceptors (Lipinski definition) is 4. The van der Waals surface area contributed by atoms with Gasteiger partial charge in [0, 0.05) is 6.54 Å². The highest BCUT2D eigenvalue weighted by Gasteiger charge is 2.07. The van der Waals surface area contributed by atoms with Gasteiger partial charge in [-0.15, -0.1) is 0 Å². The topological polar surface area (TPSA) is 47.6 Å². The van der Waals surface area contributed by atoms with Gasteiger partial charge in [0.2, 0.25) is 0 Å². The molecule has 1 aromatic carbocycles. The second kappa shape index (κ2) is 7.95. The van der Waals surface area contributed by atoms with E-state index >= 15 is 0 Å². The van der Waals surface area contributed by atoms with Crippen LogP contribution >= 0.6 is 11.6 Å². The Balaban J connectivity index is 2.54. The van der Waals surface area contributed by atoms with Crippen LogP contribution in [-0.2, 0) is 16.1 Å². The third-order valence-electron chi connectivity index (χ3n) is 2.23. The van der Waals surface area contributed by atoms with Gasteiger partial charge in [-0.05, 0) is 31.2 Å². The van der Waals surface area contributed by atoms with Crippen molar-refractivity contribution in [2.24, 2.45) is 0 Å². The summed E-state index contributed by atoms with van der Waals surface area (Å²) in [6, 6.07) is 5.49. The molecule has 0 aliphatic carbocycles. The van der Waals surface area contributed by atoms with E-state index in [9.17, 15) is 4.79 Å². The van der Waals surface area contributed by atoms with Gasteiger partial charge < -0.3 is 14.8 Å². The lowest BCUT2D eigenvalue weighted by molar-refractivity contribution is -0.145. The minimum Gasteiger partial charge on any atom is -0.480 e. The van der Waals surface area contributed by atoms with E-state index in [4.69, 9.17) is 21.1 Å². The number of carbonyl (C=O) groups excluding carboxylic acids is 1. The number of halogens is 1. The number of hydrogen-bond donors (Lipinski definition) is 1. The van der Waals surface area contributed by atoms with Crippen molar-refractivity contribution < 1.29 is 14.3 Å². The van der Waals surface area contributed by atoms with Crippen molar-refractivity contribution in [3.8, 4) is 5.75 Å². The Morgan fingerprint density at radius 1 is 1.39 bits per heavy atom. The molecule has 0 bridgehead atoms. The predicted octanol–water partition coefficient (Wildman–Crippen LogP) is 2.39. The molecule has 18 heavy (non-hydrogen) atoms. The van der Waals surface area contributed by atoms with Gasteiger partial charge >= 0.3 is 5.97 Å². The molecule has 0 radical (unpaired) electrons. The van der Waals surface area contributed by atoms with E-state index in [1.54, 1.807) is 13.0 Å². The Labute approximate surface area is 112 Å². The zero-order valence-corrected chi connectivity index (χ0v) is 11.4. The highest BCUT2D eigenvalue weighted by atomic mass is 35.5. The number of esters is 1. The fraction of sp³-hybridized carbons (Fsp3) is 0.462. The highest BCUT2D eigenvalue weighted by molar-refractivity contribution is 6.32. The molecule has 0 unspecified atom stereocenters. The van der Waals surface area contributed by atoms with Crippen molar-refractivity contribution in [2.75, 3.05) is 19.8 Å². The first-order valence-electron chi connectivity index (χ1n) is 5.95. The maximum Gasteiger partial charge on any atom is 0.344 e. The van der Waals surface area contributed by atoms with Crippen LogP contribution in [0.4, 0.5) is 0 Å². The van der Waals surface area contributed by atoms with Crippen LogP contribution in [0.3, 0.4) is 0 Å². The molecule has 5 heteroatoms. The van der Waals surface area contributed by atoms with Gasteiger partial charge in [0.1, 0.15) is 5.75 Å². The average molecular weight is 272 g/mol. The zero-order valence-electron chi connectivity index (χ0n) is 10.7. The number of nitrogens with one attached hydrogen (secondary N) is 1. The lowest BCUT2D eigenvalue weighted by Gasteiger charge is -2.09. The van der Waals surface area contributed by atoms with Gasteiger partial charge in [-0.1, -0.05) is 24.6 Å². The molecule has 0 heterocycles. The maximum absolute atomic E-state index is 11.1. The average Bonchev–Trinajstić information content (AvgIpc) is 2.35. The summed E-state index contributed by atoms with van der Waals surface area (Å²) in [5.41, 5.74) is 1.07. The monoisotopic (exact) mass is 271 g/mol. The SMILES string of the molecule is CCNCc1ccc(OCC(=O)OCC)c(Cl)c1. The van der Waals surface area contributed by atoms with Gasteiger partial charge in [-0.25, -0.2) is 4.79 Å². The summed E-state index contributed by atoms with van der Waals surface area (Å²) in [4.78, 5) is 11.1. The molecule has 0 aromatic heterocycles. The predicted molar refractivity (Wildman–Crippen MR) is 71.0 cm³/mol. The quantitative estimate of drug-likeness (QED) is 0.774. The molecule has 0 spiro atoms. The molecule has 1 N–H and O–H groups in total. The second-order valence-electron chi connectivity index (χ2n) is 3.64. The van der Waals surface area contributed by atoms with Crippen LogP contribution in [0.1, 0.15) is 19.4 Å². The van der Waals surface area contributed by atoms with Crippen LogP contribution in [-0.4, -0.2) is 25.7 Å². The molecular weight excluding hydrogens is 254 g/mol. The van der Waals surface area contributed by atoms with Crippen LogP contribution in [0.25, 0.3) is 0 Å². The van der Waals surface area contributed by atoms with Crippen molar-refractivity contribution in [1.29, 1.82) is 0 Å². The summed E-state index contributed by atoms with van der Waals surface area (Å²) >= 11 is 6.06. The number of carbonyl (C=O) groups is 1. The van der Waals surface area contributed by atoms with Crippen LogP contribution in [0.15, 0.2) is 18.2 Å². The molecule has 0 aliphatic heterocycles. The van der Waals surface area contributed by atoms with E-state index in [2.05, 4.69) is 5.32 Å². The first-order valence-corrected chi connectivity index (χ1v) is 6.32. The molecule has 0 aliphatic rings. The number of rotatable bonds is 7. The second-order valence-corrected chi connectivity index (χ2v) is 4.05. The fourth-order valence-electron chi connectivity index (χ4n) is 1.38. The zero-order chi connectivity index (χ0) is 13.4.